The number of benzene rings is 2. The lowest BCUT2D eigenvalue weighted by atomic mass is 10.2. The van der Waals surface area contributed by atoms with E-state index in [1.165, 1.54) is 39.8 Å². The quantitative estimate of drug-likeness (QED) is 0.388. The van der Waals surface area contributed by atoms with E-state index in [1.54, 1.807) is 43.5 Å². The summed E-state index contributed by atoms with van der Waals surface area (Å²) in [6, 6.07) is 14.0. The van der Waals surface area contributed by atoms with Crippen molar-refractivity contribution in [2.75, 3.05) is 5.32 Å². The van der Waals surface area contributed by atoms with E-state index < -0.39 is 22.0 Å². The number of nitrogens with zero attached hydrogens (tertiary/aromatic N) is 6. The van der Waals surface area contributed by atoms with E-state index in [4.69, 9.17) is 0 Å². The summed E-state index contributed by atoms with van der Waals surface area (Å²) < 4.78 is 2.67. The van der Waals surface area contributed by atoms with Gasteiger partial charge in [-0.3, -0.25) is 19.7 Å². The number of nitro groups is 1. The molecule has 2 aromatic heterocycles. The highest BCUT2D eigenvalue weighted by Gasteiger charge is 2.21. The molecule has 4 rings (SSSR count). The van der Waals surface area contributed by atoms with Crippen molar-refractivity contribution in [3.63, 3.8) is 0 Å². The number of hydrogen-bond donors (Lipinski definition) is 1. The van der Waals surface area contributed by atoms with Crippen LogP contribution in [-0.4, -0.2) is 35.6 Å². The van der Waals surface area contributed by atoms with Gasteiger partial charge in [0.05, 0.1) is 28.7 Å². The van der Waals surface area contributed by atoms with Gasteiger partial charge in [0.1, 0.15) is 5.69 Å². The molecule has 0 unspecified atom stereocenters. The Balaban J connectivity index is 1.76. The first-order chi connectivity index (χ1) is 15.0. The number of rotatable bonds is 5. The van der Waals surface area contributed by atoms with Crippen LogP contribution in [0.1, 0.15) is 16.2 Å². The summed E-state index contributed by atoms with van der Waals surface area (Å²) >= 11 is 0. The van der Waals surface area contributed by atoms with E-state index in [-0.39, 0.29) is 11.4 Å². The van der Waals surface area contributed by atoms with Gasteiger partial charge in [0.15, 0.2) is 5.69 Å². The fourth-order valence-corrected chi connectivity index (χ4v) is 3.04. The first-order valence-corrected chi connectivity index (χ1v) is 9.07. The largest absolute Gasteiger partial charge is 0.319 e. The Morgan fingerprint density at radius 3 is 2.52 bits per heavy atom. The van der Waals surface area contributed by atoms with Gasteiger partial charge in [-0.05, 0) is 25.1 Å². The normalized spacial score (nSPS) is 10.6. The van der Waals surface area contributed by atoms with Gasteiger partial charge in [-0.15, -0.1) is 5.10 Å². The Labute approximate surface area is 174 Å². The predicted octanol–water partition coefficient (Wildman–Crippen LogP) is 2.28. The van der Waals surface area contributed by atoms with Gasteiger partial charge in [-0.25, -0.2) is 9.36 Å². The van der Waals surface area contributed by atoms with Gasteiger partial charge < -0.3 is 5.32 Å². The maximum Gasteiger partial charge on any atom is 0.294 e. The zero-order valence-electron chi connectivity index (χ0n) is 16.2. The van der Waals surface area contributed by atoms with Crippen LogP contribution in [0, 0.1) is 17.0 Å². The van der Waals surface area contributed by atoms with Crippen LogP contribution in [0.15, 0.2) is 71.8 Å². The van der Waals surface area contributed by atoms with E-state index in [9.17, 15) is 19.7 Å². The molecular weight excluding hydrogens is 402 g/mol. The fourth-order valence-electron chi connectivity index (χ4n) is 3.04. The van der Waals surface area contributed by atoms with Crippen LogP contribution >= 0.6 is 0 Å². The molecule has 0 saturated heterocycles. The Morgan fingerprint density at radius 1 is 1.10 bits per heavy atom. The van der Waals surface area contributed by atoms with Crippen LogP contribution in [-0.2, 0) is 0 Å². The van der Waals surface area contributed by atoms with E-state index in [1.807, 2.05) is 0 Å². The molecule has 0 atom stereocenters. The number of aromatic nitrogens is 5. The monoisotopic (exact) mass is 417 g/mol. The summed E-state index contributed by atoms with van der Waals surface area (Å²) in [5, 5.41) is 25.8. The second kappa shape index (κ2) is 7.99. The summed E-state index contributed by atoms with van der Waals surface area (Å²) in [6.45, 7) is 1.58. The molecular formula is C20H15N7O4. The molecule has 0 aliphatic rings. The third kappa shape index (κ3) is 3.79. The molecule has 31 heavy (non-hydrogen) atoms. The van der Waals surface area contributed by atoms with Crippen molar-refractivity contribution in [2.45, 2.75) is 6.92 Å². The molecule has 0 bridgehead atoms. The van der Waals surface area contributed by atoms with Gasteiger partial charge in [0, 0.05) is 17.8 Å². The first kappa shape index (κ1) is 19.6. The molecule has 2 aromatic carbocycles. The van der Waals surface area contributed by atoms with Crippen LogP contribution in [0.3, 0.4) is 0 Å². The molecule has 0 spiro atoms. The lowest BCUT2D eigenvalue weighted by Gasteiger charge is -2.13. The maximum absolute atomic E-state index is 12.9. The summed E-state index contributed by atoms with van der Waals surface area (Å²) in [7, 11) is 0. The molecule has 11 heteroatoms. The SMILES string of the molecule is Cc1cc(=O)c(C(=O)Nc2ccccc2-n2ccnn2)nn1-c1ccccc1[N+](=O)[O-]. The Kier molecular flexibility index (Phi) is 5.06. The first-order valence-electron chi connectivity index (χ1n) is 9.07. The van der Waals surface area contributed by atoms with E-state index >= 15 is 0 Å². The Morgan fingerprint density at radius 2 is 1.81 bits per heavy atom. The van der Waals surface area contributed by atoms with Crippen LogP contribution in [0.5, 0.6) is 0 Å². The zero-order chi connectivity index (χ0) is 22.0. The number of carbonyl (C=O) groups is 1. The zero-order valence-corrected chi connectivity index (χ0v) is 16.2. The summed E-state index contributed by atoms with van der Waals surface area (Å²) in [5.74, 6) is -0.759. The van der Waals surface area contributed by atoms with E-state index in [2.05, 4.69) is 20.7 Å². The summed E-state index contributed by atoms with van der Waals surface area (Å²) in [4.78, 5) is 36.2. The van der Waals surface area contributed by atoms with Crippen LogP contribution in [0.4, 0.5) is 11.4 Å². The van der Waals surface area contributed by atoms with Crippen molar-refractivity contribution in [3.8, 4) is 11.4 Å². The number of nitro benzene ring substituents is 1. The number of amides is 1. The number of carbonyl (C=O) groups excluding carboxylic acids is 1. The average Bonchev–Trinajstić information content (AvgIpc) is 3.29. The van der Waals surface area contributed by atoms with Crippen LogP contribution in [0.25, 0.3) is 11.4 Å². The summed E-state index contributed by atoms with van der Waals surface area (Å²) in [5.41, 5.74) is 0.197. The van der Waals surface area contributed by atoms with Gasteiger partial charge in [0.2, 0.25) is 5.43 Å². The van der Waals surface area contributed by atoms with Crippen molar-refractivity contribution >= 4 is 17.3 Å². The van der Waals surface area contributed by atoms with Gasteiger partial charge in [-0.2, -0.15) is 5.10 Å². The molecule has 11 nitrogen and oxygen atoms in total. The average molecular weight is 417 g/mol. The lowest BCUT2D eigenvalue weighted by Crippen LogP contribution is -2.27. The maximum atomic E-state index is 12.9. The highest BCUT2D eigenvalue weighted by Crippen LogP contribution is 2.23. The van der Waals surface area contributed by atoms with Crippen molar-refractivity contribution in [2.24, 2.45) is 0 Å². The van der Waals surface area contributed by atoms with Crippen molar-refractivity contribution < 1.29 is 9.72 Å². The second-order valence-electron chi connectivity index (χ2n) is 6.48. The van der Waals surface area contributed by atoms with Gasteiger partial charge >= 0.3 is 0 Å². The third-order valence-electron chi connectivity index (χ3n) is 4.45. The lowest BCUT2D eigenvalue weighted by molar-refractivity contribution is -0.384. The molecule has 0 aliphatic carbocycles. The van der Waals surface area contributed by atoms with Crippen molar-refractivity contribution in [3.05, 3.63) is 98.7 Å². The third-order valence-corrected chi connectivity index (χ3v) is 4.45. The predicted molar refractivity (Wildman–Crippen MR) is 111 cm³/mol. The molecule has 0 aliphatic heterocycles. The molecule has 1 amide bonds. The highest BCUT2D eigenvalue weighted by atomic mass is 16.6. The van der Waals surface area contributed by atoms with Crippen molar-refractivity contribution in [1.82, 2.24) is 24.8 Å². The minimum Gasteiger partial charge on any atom is -0.319 e. The molecule has 2 heterocycles. The minimum atomic E-state index is -0.759. The van der Waals surface area contributed by atoms with Gasteiger partial charge in [0.25, 0.3) is 11.6 Å². The fraction of sp³-hybridized carbons (Fsp3) is 0.0500. The number of aryl methyl sites for hydroxylation is 1. The smallest absolute Gasteiger partial charge is 0.294 e. The number of anilines is 1. The molecule has 4 aromatic rings. The summed E-state index contributed by atoms with van der Waals surface area (Å²) in [6.07, 6.45) is 3.10. The van der Waals surface area contributed by atoms with E-state index in [0.717, 1.165) is 0 Å². The van der Waals surface area contributed by atoms with Gasteiger partial charge in [-0.1, -0.05) is 29.5 Å². The van der Waals surface area contributed by atoms with Crippen molar-refractivity contribution in [1.29, 1.82) is 0 Å². The highest BCUT2D eigenvalue weighted by molar-refractivity contribution is 6.03. The second-order valence-corrected chi connectivity index (χ2v) is 6.48. The van der Waals surface area contributed by atoms with Crippen LogP contribution < -0.4 is 10.7 Å². The standard InChI is InChI=1S/C20H15N7O4/c1-13-12-18(28)19(23-26(13)16-8-4-5-9-17(16)27(30)31)20(29)22-14-6-2-3-7-15(14)25-11-10-21-24-25/h2-12H,1H3,(H,22,29). The Bertz CT molecular complexity index is 1350. The Hall–Kier alpha value is -4.67. The molecule has 0 fully saturated rings. The van der Waals surface area contributed by atoms with E-state index in [0.29, 0.717) is 17.1 Å². The molecule has 0 radical (unpaired) electrons. The number of para-hydroxylation sites is 4. The van der Waals surface area contributed by atoms with Crippen LogP contribution in [0.2, 0.25) is 0 Å². The molecule has 0 saturated carbocycles. The minimum absolute atomic E-state index is 0.141. The number of nitrogens with one attached hydrogen (secondary N) is 1. The molecule has 154 valence electrons. The topological polar surface area (TPSA) is 138 Å². The number of hydrogen-bond acceptors (Lipinski definition) is 7. The molecule has 1 N–H and O–H groups in total.